The van der Waals surface area contributed by atoms with Gasteiger partial charge in [-0.15, -0.1) is 24.9 Å². The highest BCUT2D eigenvalue weighted by atomic mass is 32.2. The van der Waals surface area contributed by atoms with E-state index >= 15 is 0 Å². The zero-order valence-corrected chi connectivity index (χ0v) is 8.98. The normalized spacial score (nSPS) is 11.2. The minimum atomic E-state index is -4.78. The monoisotopic (exact) mass is 251 g/mol. The van der Waals surface area contributed by atoms with E-state index in [0.29, 0.717) is 4.90 Å². The summed E-state index contributed by atoms with van der Waals surface area (Å²) < 4.78 is 39.4. The van der Waals surface area contributed by atoms with Crippen LogP contribution in [-0.2, 0) is 0 Å². The van der Waals surface area contributed by atoms with E-state index in [1.165, 1.54) is 17.8 Å². The van der Waals surface area contributed by atoms with Crippen LogP contribution in [0.2, 0.25) is 0 Å². The van der Waals surface area contributed by atoms with Crippen molar-refractivity contribution in [2.45, 2.75) is 11.3 Å². The summed E-state index contributed by atoms with van der Waals surface area (Å²) in [4.78, 5) is 11.5. The van der Waals surface area contributed by atoms with E-state index < -0.39 is 18.0 Å². The van der Waals surface area contributed by atoms with Crippen LogP contribution in [-0.4, -0.2) is 18.5 Å². The van der Waals surface area contributed by atoms with Crippen LogP contribution in [0.5, 0.6) is 5.75 Å². The van der Waals surface area contributed by atoms with Gasteiger partial charge in [-0.1, -0.05) is 0 Å². The van der Waals surface area contributed by atoms with Crippen molar-refractivity contribution >= 4 is 17.7 Å². The molecule has 1 amide bonds. The molecule has 2 N–H and O–H groups in total. The number of hydrogen-bond donors (Lipinski definition) is 1. The number of hydrogen-bond acceptors (Lipinski definition) is 3. The highest BCUT2D eigenvalue weighted by Crippen LogP contribution is 2.28. The predicted molar refractivity (Wildman–Crippen MR) is 53.4 cm³/mol. The molecule has 0 aliphatic carbocycles. The van der Waals surface area contributed by atoms with Crippen molar-refractivity contribution in [2.24, 2.45) is 5.73 Å². The molecule has 0 aliphatic heterocycles. The Bertz CT molecular complexity index is 406. The van der Waals surface area contributed by atoms with Crippen molar-refractivity contribution in [3.63, 3.8) is 0 Å². The quantitative estimate of drug-likeness (QED) is 0.839. The number of alkyl halides is 3. The molecule has 0 heterocycles. The molecule has 0 aromatic heterocycles. The molecule has 1 aromatic carbocycles. The van der Waals surface area contributed by atoms with E-state index in [1.807, 2.05) is 0 Å². The van der Waals surface area contributed by atoms with Crippen LogP contribution in [0.4, 0.5) is 13.2 Å². The first-order chi connectivity index (χ1) is 7.33. The van der Waals surface area contributed by atoms with Gasteiger partial charge in [-0.2, -0.15) is 0 Å². The lowest BCUT2D eigenvalue weighted by atomic mass is 10.2. The van der Waals surface area contributed by atoms with Crippen LogP contribution in [0, 0.1) is 0 Å². The Morgan fingerprint density at radius 3 is 2.50 bits per heavy atom. The van der Waals surface area contributed by atoms with Gasteiger partial charge in [0.25, 0.3) is 0 Å². The van der Waals surface area contributed by atoms with Crippen molar-refractivity contribution in [2.75, 3.05) is 6.26 Å². The maximum atomic E-state index is 11.9. The fraction of sp³-hybridized carbons (Fsp3) is 0.222. The molecular weight excluding hydrogens is 243 g/mol. The highest BCUT2D eigenvalue weighted by Gasteiger charge is 2.31. The van der Waals surface area contributed by atoms with Crippen LogP contribution >= 0.6 is 11.8 Å². The molecule has 0 radical (unpaired) electrons. The second-order valence-corrected chi connectivity index (χ2v) is 3.62. The van der Waals surface area contributed by atoms with Crippen molar-refractivity contribution in [3.05, 3.63) is 23.8 Å². The second kappa shape index (κ2) is 4.65. The van der Waals surface area contributed by atoms with Crippen molar-refractivity contribution in [1.82, 2.24) is 0 Å². The number of benzene rings is 1. The van der Waals surface area contributed by atoms with Crippen molar-refractivity contribution in [1.29, 1.82) is 0 Å². The highest BCUT2D eigenvalue weighted by molar-refractivity contribution is 7.98. The number of primary amides is 1. The maximum Gasteiger partial charge on any atom is 0.573 e. The first-order valence-electron chi connectivity index (χ1n) is 4.07. The summed E-state index contributed by atoms with van der Waals surface area (Å²) in [5, 5.41) is 0. The fourth-order valence-electron chi connectivity index (χ4n) is 1.08. The Kier molecular flexibility index (Phi) is 3.69. The summed E-state index contributed by atoms with van der Waals surface area (Å²) in [7, 11) is 0. The van der Waals surface area contributed by atoms with Gasteiger partial charge in [-0.05, 0) is 24.5 Å². The standard InChI is InChI=1S/C9H8F3NO2S/c1-16-7-3-2-5(15-9(10,11)12)4-6(7)8(13)14/h2-4H,1H3,(H2,13,14). The zero-order valence-electron chi connectivity index (χ0n) is 8.17. The van der Waals surface area contributed by atoms with Gasteiger partial charge in [0.05, 0.1) is 5.56 Å². The molecule has 3 nitrogen and oxygen atoms in total. The molecule has 7 heteroatoms. The molecule has 0 bridgehead atoms. The minimum Gasteiger partial charge on any atom is -0.406 e. The Hall–Kier alpha value is -1.37. The summed E-state index contributed by atoms with van der Waals surface area (Å²) in [6.45, 7) is 0. The van der Waals surface area contributed by atoms with Gasteiger partial charge >= 0.3 is 6.36 Å². The third-order valence-corrected chi connectivity index (χ3v) is 2.47. The minimum absolute atomic E-state index is 0.00856. The number of carbonyl (C=O) groups excluding carboxylic acids is 1. The van der Waals surface area contributed by atoms with Gasteiger partial charge in [0.1, 0.15) is 5.75 Å². The van der Waals surface area contributed by atoms with E-state index in [4.69, 9.17) is 5.73 Å². The summed E-state index contributed by atoms with van der Waals surface area (Å²) in [5.74, 6) is -1.25. The largest absolute Gasteiger partial charge is 0.573 e. The molecular formula is C9H8F3NO2S. The average Bonchev–Trinajstić information content (AvgIpc) is 2.15. The first-order valence-corrected chi connectivity index (χ1v) is 5.29. The van der Waals surface area contributed by atoms with E-state index in [9.17, 15) is 18.0 Å². The van der Waals surface area contributed by atoms with Gasteiger partial charge in [0.2, 0.25) is 5.91 Å². The lowest BCUT2D eigenvalue weighted by Crippen LogP contribution is -2.18. The molecule has 0 spiro atoms. The van der Waals surface area contributed by atoms with Gasteiger partial charge in [0, 0.05) is 4.90 Å². The van der Waals surface area contributed by atoms with E-state index in [-0.39, 0.29) is 5.56 Å². The molecule has 0 aliphatic rings. The number of nitrogens with two attached hydrogens (primary N) is 1. The Balaban J connectivity index is 3.07. The molecule has 0 fully saturated rings. The van der Waals surface area contributed by atoms with Crippen molar-refractivity contribution < 1.29 is 22.7 Å². The van der Waals surface area contributed by atoms with E-state index in [0.717, 1.165) is 12.1 Å². The van der Waals surface area contributed by atoms with Crippen LogP contribution in [0.15, 0.2) is 23.1 Å². The van der Waals surface area contributed by atoms with Crippen LogP contribution in [0.25, 0.3) is 0 Å². The molecule has 16 heavy (non-hydrogen) atoms. The van der Waals surface area contributed by atoms with E-state index in [1.54, 1.807) is 6.26 Å². The number of ether oxygens (including phenoxy) is 1. The van der Waals surface area contributed by atoms with Crippen LogP contribution in [0.3, 0.4) is 0 Å². The van der Waals surface area contributed by atoms with Crippen LogP contribution in [0.1, 0.15) is 10.4 Å². The van der Waals surface area contributed by atoms with Gasteiger partial charge in [-0.25, -0.2) is 0 Å². The molecule has 1 rings (SSSR count). The smallest absolute Gasteiger partial charge is 0.406 e. The molecule has 0 saturated carbocycles. The third-order valence-electron chi connectivity index (χ3n) is 1.67. The van der Waals surface area contributed by atoms with Crippen LogP contribution < -0.4 is 10.5 Å². The number of carbonyl (C=O) groups is 1. The summed E-state index contributed by atoms with van der Waals surface area (Å²) in [6.07, 6.45) is -3.10. The lowest BCUT2D eigenvalue weighted by molar-refractivity contribution is -0.274. The zero-order chi connectivity index (χ0) is 12.3. The predicted octanol–water partition coefficient (Wildman–Crippen LogP) is 2.41. The molecule has 0 unspecified atom stereocenters. The van der Waals surface area contributed by atoms with Gasteiger partial charge in [-0.3, -0.25) is 4.79 Å². The summed E-state index contributed by atoms with van der Waals surface area (Å²) >= 11 is 1.21. The third kappa shape index (κ3) is 3.34. The Morgan fingerprint density at radius 1 is 1.44 bits per heavy atom. The van der Waals surface area contributed by atoms with Gasteiger partial charge in [0.15, 0.2) is 0 Å². The molecule has 88 valence electrons. The average molecular weight is 251 g/mol. The van der Waals surface area contributed by atoms with Gasteiger partial charge < -0.3 is 10.5 Å². The van der Waals surface area contributed by atoms with E-state index in [2.05, 4.69) is 4.74 Å². The maximum absolute atomic E-state index is 11.9. The lowest BCUT2D eigenvalue weighted by Gasteiger charge is -2.11. The van der Waals surface area contributed by atoms with Crippen molar-refractivity contribution in [3.8, 4) is 5.75 Å². The number of amides is 1. The Morgan fingerprint density at radius 2 is 2.06 bits per heavy atom. The Labute approximate surface area is 93.8 Å². The number of halogens is 3. The summed E-state index contributed by atoms with van der Waals surface area (Å²) in [6, 6.07) is 3.46. The number of thioether (sulfide) groups is 1. The topological polar surface area (TPSA) is 52.3 Å². The molecule has 0 atom stereocenters. The molecule has 1 aromatic rings. The summed E-state index contributed by atoms with van der Waals surface area (Å²) in [5.41, 5.74) is 5.04. The fourth-order valence-corrected chi connectivity index (χ4v) is 1.66. The first kappa shape index (κ1) is 12.7. The SMILES string of the molecule is CSc1ccc(OC(F)(F)F)cc1C(N)=O. The molecule has 0 saturated heterocycles. The number of rotatable bonds is 3. The second-order valence-electron chi connectivity index (χ2n) is 2.77.